The number of thiocarbonyl (C=S) groups is 1. The molecule has 0 saturated heterocycles. The maximum absolute atomic E-state index is 5.37. The number of benzene rings is 1. The Morgan fingerprint density at radius 1 is 1.10 bits per heavy atom. The SMILES string of the molecule is Cc1ccc(NC(=S)NC(C)CCCC(C)C)cc1C. The van der Waals surface area contributed by atoms with E-state index in [1.807, 2.05) is 0 Å². The molecule has 1 aromatic rings. The summed E-state index contributed by atoms with van der Waals surface area (Å²) in [5, 5.41) is 7.33. The predicted octanol–water partition coefficient (Wildman–Crippen LogP) is 4.80. The van der Waals surface area contributed by atoms with Gasteiger partial charge in [-0.25, -0.2) is 0 Å². The van der Waals surface area contributed by atoms with E-state index in [0.717, 1.165) is 18.0 Å². The Balaban J connectivity index is 2.37. The van der Waals surface area contributed by atoms with Gasteiger partial charge in [0.25, 0.3) is 0 Å². The Bertz CT molecular complexity index is 441. The largest absolute Gasteiger partial charge is 0.360 e. The molecule has 0 saturated carbocycles. The monoisotopic (exact) mass is 292 g/mol. The summed E-state index contributed by atoms with van der Waals surface area (Å²) in [6.45, 7) is 11.0. The fourth-order valence-corrected chi connectivity index (χ4v) is 2.43. The normalized spacial score (nSPS) is 12.3. The van der Waals surface area contributed by atoms with Gasteiger partial charge < -0.3 is 10.6 Å². The highest BCUT2D eigenvalue weighted by Gasteiger charge is 2.05. The van der Waals surface area contributed by atoms with Gasteiger partial charge in [0, 0.05) is 11.7 Å². The molecule has 1 unspecified atom stereocenters. The van der Waals surface area contributed by atoms with E-state index < -0.39 is 0 Å². The van der Waals surface area contributed by atoms with Gasteiger partial charge >= 0.3 is 0 Å². The van der Waals surface area contributed by atoms with Crippen LogP contribution in [0.15, 0.2) is 18.2 Å². The second-order valence-electron chi connectivity index (χ2n) is 6.12. The summed E-state index contributed by atoms with van der Waals surface area (Å²) in [7, 11) is 0. The second kappa shape index (κ2) is 8.25. The lowest BCUT2D eigenvalue weighted by atomic mass is 10.0. The molecule has 0 aliphatic rings. The summed E-state index contributed by atoms with van der Waals surface area (Å²) in [4.78, 5) is 0. The number of nitrogens with one attached hydrogen (secondary N) is 2. The average Bonchev–Trinajstić information content (AvgIpc) is 2.33. The van der Waals surface area contributed by atoms with Crippen LogP contribution in [0.3, 0.4) is 0 Å². The van der Waals surface area contributed by atoms with E-state index in [9.17, 15) is 0 Å². The van der Waals surface area contributed by atoms with Gasteiger partial charge in [-0.15, -0.1) is 0 Å². The quantitative estimate of drug-likeness (QED) is 0.736. The van der Waals surface area contributed by atoms with Crippen LogP contribution in [-0.4, -0.2) is 11.2 Å². The summed E-state index contributed by atoms with van der Waals surface area (Å²) < 4.78 is 0. The molecule has 0 aliphatic carbocycles. The lowest BCUT2D eigenvalue weighted by Gasteiger charge is -2.18. The molecule has 0 amide bonds. The zero-order valence-electron chi connectivity index (χ0n) is 13.4. The Morgan fingerprint density at radius 2 is 1.80 bits per heavy atom. The van der Waals surface area contributed by atoms with Gasteiger partial charge in [-0.3, -0.25) is 0 Å². The number of hydrogen-bond acceptors (Lipinski definition) is 1. The van der Waals surface area contributed by atoms with Crippen molar-refractivity contribution in [3.63, 3.8) is 0 Å². The molecule has 3 heteroatoms. The molecule has 2 nitrogen and oxygen atoms in total. The lowest BCUT2D eigenvalue weighted by Crippen LogP contribution is -2.35. The first-order chi connectivity index (χ1) is 9.38. The van der Waals surface area contributed by atoms with Crippen LogP contribution in [0.1, 0.15) is 51.2 Å². The predicted molar refractivity (Wildman–Crippen MR) is 93.4 cm³/mol. The van der Waals surface area contributed by atoms with E-state index in [0.29, 0.717) is 11.2 Å². The molecule has 1 aromatic carbocycles. The van der Waals surface area contributed by atoms with Crippen LogP contribution in [0.4, 0.5) is 5.69 Å². The zero-order valence-corrected chi connectivity index (χ0v) is 14.2. The van der Waals surface area contributed by atoms with Gasteiger partial charge in [-0.2, -0.15) is 0 Å². The third-order valence-electron chi connectivity index (χ3n) is 3.56. The first-order valence-corrected chi connectivity index (χ1v) is 7.94. The van der Waals surface area contributed by atoms with Crippen molar-refractivity contribution in [3.05, 3.63) is 29.3 Å². The molecule has 0 aromatic heterocycles. The van der Waals surface area contributed by atoms with E-state index in [1.54, 1.807) is 0 Å². The van der Waals surface area contributed by atoms with Crippen molar-refractivity contribution in [1.82, 2.24) is 5.32 Å². The Hall–Kier alpha value is -1.09. The van der Waals surface area contributed by atoms with Crippen molar-refractivity contribution in [2.24, 2.45) is 5.92 Å². The van der Waals surface area contributed by atoms with E-state index in [1.165, 1.54) is 24.0 Å². The van der Waals surface area contributed by atoms with Crippen molar-refractivity contribution in [1.29, 1.82) is 0 Å². The molecular formula is C17H28N2S. The van der Waals surface area contributed by atoms with Crippen molar-refractivity contribution in [2.75, 3.05) is 5.32 Å². The standard InChI is InChI=1S/C17H28N2S/c1-12(2)7-6-8-15(5)18-17(20)19-16-10-9-13(3)14(4)11-16/h9-12,15H,6-8H2,1-5H3,(H2,18,19,20). The molecule has 20 heavy (non-hydrogen) atoms. The Morgan fingerprint density at radius 3 is 2.40 bits per heavy atom. The van der Waals surface area contributed by atoms with E-state index >= 15 is 0 Å². The van der Waals surface area contributed by atoms with Gasteiger partial charge in [0.2, 0.25) is 0 Å². The lowest BCUT2D eigenvalue weighted by molar-refractivity contribution is 0.495. The number of anilines is 1. The minimum atomic E-state index is 0.417. The first-order valence-electron chi connectivity index (χ1n) is 7.53. The minimum Gasteiger partial charge on any atom is -0.360 e. The molecular weight excluding hydrogens is 264 g/mol. The third-order valence-corrected chi connectivity index (χ3v) is 3.78. The van der Waals surface area contributed by atoms with E-state index in [-0.39, 0.29) is 0 Å². The van der Waals surface area contributed by atoms with Crippen LogP contribution in [0.25, 0.3) is 0 Å². The molecule has 0 bridgehead atoms. The molecule has 1 rings (SSSR count). The minimum absolute atomic E-state index is 0.417. The smallest absolute Gasteiger partial charge is 0.170 e. The van der Waals surface area contributed by atoms with Gasteiger partial charge in [0.1, 0.15) is 0 Å². The van der Waals surface area contributed by atoms with Crippen LogP contribution < -0.4 is 10.6 Å². The first kappa shape index (κ1) is 17.0. The maximum atomic E-state index is 5.37. The molecule has 2 N–H and O–H groups in total. The van der Waals surface area contributed by atoms with Gasteiger partial charge in [-0.05, 0) is 68.6 Å². The summed E-state index contributed by atoms with van der Waals surface area (Å²) in [6.07, 6.45) is 3.69. The summed E-state index contributed by atoms with van der Waals surface area (Å²) >= 11 is 5.37. The van der Waals surface area contributed by atoms with E-state index in [2.05, 4.69) is 63.5 Å². The Kier molecular flexibility index (Phi) is 7.00. The zero-order chi connectivity index (χ0) is 15.1. The van der Waals surface area contributed by atoms with Crippen molar-refractivity contribution >= 4 is 23.0 Å². The van der Waals surface area contributed by atoms with Gasteiger partial charge in [0.15, 0.2) is 5.11 Å². The van der Waals surface area contributed by atoms with Crippen LogP contribution >= 0.6 is 12.2 Å². The molecule has 0 spiro atoms. The molecule has 1 atom stereocenters. The third kappa shape index (κ3) is 6.38. The fraction of sp³-hybridized carbons (Fsp3) is 0.588. The highest BCUT2D eigenvalue weighted by molar-refractivity contribution is 7.80. The Labute approximate surface area is 129 Å². The number of hydrogen-bond donors (Lipinski definition) is 2. The second-order valence-corrected chi connectivity index (χ2v) is 6.53. The van der Waals surface area contributed by atoms with Gasteiger partial charge in [0.05, 0.1) is 0 Å². The van der Waals surface area contributed by atoms with Crippen LogP contribution in [0.5, 0.6) is 0 Å². The maximum Gasteiger partial charge on any atom is 0.170 e. The molecule has 0 heterocycles. The highest BCUT2D eigenvalue weighted by atomic mass is 32.1. The molecule has 0 aliphatic heterocycles. The fourth-order valence-electron chi connectivity index (χ4n) is 2.11. The summed E-state index contributed by atoms with van der Waals surface area (Å²) in [5.41, 5.74) is 3.64. The molecule has 0 fully saturated rings. The van der Waals surface area contributed by atoms with Crippen LogP contribution in [-0.2, 0) is 0 Å². The van der Waals surface area contributed by atoms with Crippen molar-refractivity contribution < 1.29 is 0 Å². The van der Waals surface area contributed by atoms with Crippen molar-refractivity contribution in [2.45, 2.75) is 59.9 Å². The van der Waals surface area contributed by atoms with E-state index in [4.69, 9.17) is 12.2 Å². The van der Waals surface area contributed by atoms with Gasteiger partial charge in [-0.1, -0.05) is 32.8 Å². The highest BCUT2D eigenvalue weighted by Crippen LogP contribution is 2.14. The average molecular weight is 292 g/mol. The van der Waals surface area contributed by atoms with Crippen molar-refractivity contribution in [3.8, 4) is 0 Å². The van der Waals surface area contributed by atoms with Crippen LogP contribution in [0.2, 0.25) is 0 Å². The molecule has 0 radical (unpaired) electrons. The summed E-state index contributed by atoms with van der Waals surface area (Å²) in [6, 6.07) is 6.74. The topological polar surface area (TPSA) is 24.1 Å². The molecule has 112 valence electrons. The van der Waals surface area contributed by atoms with Crippen LogP contribution in [0, 0.1) is 19.8 Å². The summed E-state index contributed by atoms with van der Waals surface area (Å²) in [5.74, 6) is 0.780. The number of aryl methyl sites for hydroxylation is 2. The number of rotatable bonds is 6.